The Balaban J connectivity index is 2.04. The van der Waals surface area contributed by atoms with E-state index < -0.39 is 11.5 Å². The van der Waals surface area contributed by atoms with Gasteiger partial charge in [0.15, 0.2) is 0 Å². The van der Waals surface area contributed by atoms with Crippen LogP contribution >= 0.6 is 0 Å². The SMILES string of the molecule is COc1ccc2cc(C(=O)N3CCCC3(C)C(=O)O)c(C)nc2c1. The molecule has 1 unspecified atom stereocenters. The lowest BCUT2D eigenvalue weighted by Crippen LogP contribution is -2.50. The fourth-order valence-corrected chi connectivity index (χ4v) is 3.24. The number of aromatic nitrogens is 1. The van der Waals surface area contributed by atoms with E-state index in [1.54, 1.807) is 27.0 Å². The van der Waals surface area contributed by atoms with Crippen LogP contribution in [0.1, 0.15) is 35.8 Å². The number of carboxylic acids is 1. The van der Waals surface area contributed by atoms with Crippen LogP contribution in [0.15, 0.2) is 24.3 Å². The predicted molar refractivity (Wildman–Crippen MR) is 89.3 cm³/mol. The van der Waals surface area contributed by atoms with Gasteiger partial charge in [0.1, 0.15) is 11.3 Å². The van der Waals surface area contributed by atoms with Crippen LogP contribution in [0.25, 0.3) is 10.9 Å². The van der Waals surface area contributed by atoms with Crippen LogP contribution in [0.2, 0.25) is 0 Å². The molecule has 1 aliphatic heterocycles. The van der Waals surface area contributed by atoms with Gasteiger partial charge < -0.3 is 14.7 Å². The summed E-state index contributed by atoms with van der Waals surface area (Å²) in [5.74, 6) is -0.545. The van der Waals surface area contributed by atoms with Crippen LogP contribution in [0.4, 0.5) is 0 Å². The summed E-state index contributed by atoms with van der Waals surface area (Å²) < 4.78 is 5.19. The summed E-state index contributed by atoms with van der Waals surface area (Å²) >= 11 is 0. The van der Waals surface area contributed by atoms with Gasteiger partial charge in [0.2, 0.25) is 0 Å². The number of pyridine rings is 1. The molecule has 1 aliphatic rings. The number of carbonyl (C=O) groups is 2. The zero-order chi connectivity index (χ0) is 17.5. The molecule has 3 rings (SSSR count). The first-order chi connectivity index (χ1) is 11.4. The molecule has 1 aromatic carbocycles. The number of aliphatic carboxylic acids is 1. The molecule has 0 spiro atoms. The van der Waals surface area contributed by atoms with Crippen molar-refractivity contribution < 1.29 is 19.4 Å². The zero-order valence-corrected chi connectivity index (χ0v) is 14.0. The molecule has 1 amide bonds. The van der Waals surface area contributed by atoms with Crippen molar-refractivity contribution in [1.82, 2.24) is 9.88 Å². The number of ether oxygens (including phenoxy) is 1. The zero-order valence-electron chi connectivity index (χ0n) is 14.0. The first kappa shape index (κ1) is 16.2. The number of nitrogens with zero attached hydrogens (tertiary/aromatic N) is 2. The summed E-state index contributed by atoms with van der Waals surface area (Å²) in [6, 6.07) is 7.25. The van der Waals surface area contributed by atoms with Gasteiger partial charge in [-0.1, -0.05) is 0 Å². The van der Waals surface area contributed by atoms with Crippen molar-refractivity contribution in [2.24, 2.45) is 0 Å². The van der Waals surface area contributed by atoms with Crippen LogP contribution in [0, 0.1) is 6.92 Å². The summed E-state index contributed by atoms with van der Waals surface area (Å²) in [4.78, 5) is 30.5. The molecule has 0 aliphatic carbocycles. The minimum absolute atomic E-state index is 0.278. The maximum Gasteiger partial charge on any atom is 0.329 e. The van der Waals surface area contributed by atoms with E-state index in [1.165, 1.54) is 4.90 Å². The highest BCUT2D eigenvalue weighted by atomic mass is 16.5. The standard InChI is InChI=1S/C18H20N2O4/c1-11-14(9-12-5-6-13(24-3)10-15(12)19-11)16(21)20-8-4-7-18(20,2)17(22)23/h5-6,9-10H,4,7-8H2,1-3H3,(H,22,23). The lowest BCUT2D eigenvalue weighted by Gasteiger charge is -2.31. The maximum atomic E-state index is 13.0. The Kier molecular flexibility index (Phi) is 3.91. The molecule has 1 saturated heterocycles. The number of carbonyl (C=O) groups excluding carboxylic acids is 1. The van der Waals surface area contributed by atoms with Gasteiger partial charge in [0.25, 0.3) is 5.91 Å². The average molecular weight is 328 g/mol. The van der Waals surface area contributed by atoms with E-state index in [9.17, 15) is 14.7 Å². The molecular weight excluding hydrogens is 308 g/mol. The Morgan fingerprint density at radius 1 is 1.33 bits per heavy atom. The molecule has 2 aromatic rings. The number of hydrogen-bond acceptors (Lipinski definition) is 4. The Morgan fingerprint density at radius 3 is 2.75 bits per heavy atom. The van der Waals surface area contributed by atoms with E-state index in [0.29, 0.717) is 36.4 Å². The third kappa shape index (κ3) is 2.48. The molecule has 0 bridgehead atoms. The molecule has 1 N–H and O–H groups in total. The van der Waals surface area contributed by atoms with Crippen molar-refractivity contribution in [2.75, 3.05) is 13.7 Å². The van der Waals surface area contributed by atoms with E-state index in [1.807, 2.05) is 18.2 Å². The first-order valence-corrected chi connectivity index (χ1v) is 7.87. The summed E-state index contributed by atoms with van der Waals surface area (Å²) in [7, 11) is 1.59. The molecule has 1 aromatic heterocycles. The van der Waals surface area contributed by atoms with Crippen molar-refractivity contribution in [3.05, 3.63) is 35.5 Å². The molecule has 6 heteroatoms. The fourth-order valence-electron chi connectivity index (χ4n) is 3.24. The summed E-state index contributed by atoms with van der Waals surface area (Å²) in [6.45, 7) is 3.82. The number of likely N-dealkylation sites (tertiary alicyclic amines) is 1. The highest BCUT2D eigenvalue weighted by Gasteiger charge is 2.46. The van der Waals surface area contributed by atoms with Crippen molar-refractivity contribution in [1.29, 1.82) is 0 Å². The highest BCUT2D eigenvalue weighted by Crippen LogP contribution is 2.32. The van der Waals surface area contributed by atoms with Gasteiger partial charge in [-0.05, 0) is 44.9 Å². The van der Waals surface area contributed by atoms with E-state index >= 15 is 0 Å². The van der Waals surface area contributed by atoms with Gasteiger partial charge >= 0.3 is 5.97 Å². The van der Waals surface area contributed by atoms with E-state index in [-0.39, 0.29) is 5.91 Å². The molecular formula is C18H20N2O4. The fraction of sp³-hybridized carbons (Fsp3) is 0.389. The lowest BCUT2D eigenvalue weighted by molar-refractivity contribution is -0.147. The smallest absolute Gasteiger partial charge is 0.329 e. The van der Waals surface area contributed by atoms with Crippen LogP contribution in [-0.4, -0.2) is 46.1 Å². The Hall–Kier alpha value is -2.63. The molecule has 0 saturated carbocycles. The third-order valence-electron chi connectivity index (χ3n) is 4.79. The number of rotatable bonds is 3. The summed E-state index contributed by atoms with van der Waals surface area (Å²) in [5, 5.41) is 10.3. The van der Waals surface area contributed by atoms with Gasteiger partial charge in [0.05, 0.1) is 23.9 Å². The quantitative estimate of drug-likeness (QED) is 0.937. The number of amides is 1. The van der Waals surface area contributed by atoms with Crippen LogP contribution in [0.5, 0.6) is 5.75 Å². The number of fused-ring (bicyclic) bond motifs is 1. The van der Waals surface area contributed by atoms with Gasteiger partial charge in [0, 0.05) is 18.0 Å². The number of benzene rings is 1. The van der Waals surface area contributed by atoms with Crippen molar-refractivity contribution in [3.63, 3.8) is 0 Å². The minimum atomic E-state index is -1.15. The number of aryl methyl sites for hydroxylation is 1. The first-order valence-electron chi connectivity index (χ1n) is 7.87. The van der Waals surface area contributed by atoms with E-state index in [2.05, 4.69) is 4.98 Å². The topological polar surface area (TPSA) is 79.7 Å². The number of carboxylic acid groups (broad SMARTS) is 1. The van der Waals surface area contributed by atoms with Gasteiger partial charge in [-0.2, -0.15) is 0 Å². The molecule has 126 valence electrons. The largest absolute Gasteiger partial charge is 0.497 e. The maximum absolute atomic E-state index is 13.0. The van der Waals surface area contributed by atoms with E-state index in [0.717, 1.165) is 10.9 Å². The molecule has 6 nitrogen and oxygen atoms in total. The Bertz CT molecular complexity index is 833. The molecule has 1 atom stereocenters. The second-order valence-electron chi connectivity index (χ2n) is 6.32. The number of methoxy groups -OCH3 is 1. The molecule has 1 fully saturated rings. The second-order valence-corrected chi connectivity index (χ2v) is 6.32. The molecule has 2 heterocycles. The van der Waals surface area contributed by atoms with Crippen LogP contribution < -0.4 is 4.74 Å². The minimum Gasteiger partial charge on any atom is -0.497 e. The van der Waals surface area contributed by atoms with Crippen LogP contribution in [-0.2, 0) is 4.79 Å². The molecule has 24 heavy (non-hydrogen) atoms. The van der Waals surface area contributed by atoms with E-state index in [4.69, 9.17) is 4.74 Å². The average Bonchev–Trinajstić information content (AvgIpc) is 2.96. The predicted octanol–water partition coefficient (Wildman–Crippen LogP) is 2.63. The monoisotopic (exact) mass is 328 g/mol. The Morgan fingerprint density at radius 2 is 2.08 bits per heavy atom. The highest BCUT2D eigenvalue weighted by molar-refractivity contribution is 6.01. The lowest BCUT2D eigenvalue weighted by atomic mass is 9.98. The van der Waals surface area contributed by atoms with Crippen molar-refractivity contribution in [2.45, 2.75) is 32.2 Å². The number of hydrogen-bond donors (Lipinski definition) is 1. The summed E-state index contributed by atoms with van der Waals surface area (Å²) in [5.41, 5.74) is 0.617. The Labute approximate surface area is 140 Å². The third-order valence-corrected chi connectivity index (χ3v) is 4.79. The van der Waals surface area contributed by atoms with Gasteiger partial charge in [-0.25, -0.2) is 4.79 Å². The van der Waals surface area contributed by atoms with Crippen LogP contribution in [0.3, 0.4) is 0 Å². The second kappa shape index (κ2) is 5.78. The van der Waals surface area contributed by atoms with Crippen molar-refractivity contribution in [3.8, 4) is 5.75 Å². The summed E-state index contributed by atoms with van der Waals surface area (Å²) in [6.07, 6.45) is 1.15. The molecule has 0 radical (unpaired) electrons. The normalized spacial score (nSPS) is 20.4. The van der Waals surface area contributed by atoms with Crippen molar-refractivity contribution >= 4 is 22.8 Å². The van der Waals surface area contributed by atoms with Gasteiger partial charge in [-0.15, -0.1) is 0 Å². The van der Waals surface area contributed by atoms with Gasteiger partial charge in [-0.3, -0.25) is 9.78 Å².